The van der Waals surface area contributed by atoms with Crippen molar-refractivity contribution in [2.24, 2.45) is 0 Å². The Morgan fingerprint density at radius 2 is 2.05 bits per heavy atom. The first-order valence-electron chi connectivity index (χ1n) is 6.72. The van der Waals surface area contributed by atoms with Gasteiger partial charge in [-0.3, -0.25) is 4.79 Å². The summed E-state index contributed by atoms with van der Waals surface area (Å²) in [4.78, 5) is 15.1. The quantitative estimate of drug-likeness (QED) is 0.901. The van der Waals surface area contributed by atoms with Gasteiger partial charge in [0.1, 0.15) is 0 Å². The molecule has 110 valence electrons. The second-order valence-electron chi connectivity index (χ2n) is 4.71. The molecule has 1 fully saturated rings. The van der Waals surface area contributed by atoms with Gasteiger partial charge in [0.05, 0.1) is 21.9 Å². The van der Waals surface area contributed by atoms with Crippen molar-refractivity contribution >= 4 is 44.5 Å². The van der Waals surface area contributed by atoms with E-state index >= 15 is 0 Å². The third-order valence-electron chi connectivity index (χ3n) is 3.28. The Labute approximate surface area is 135 Å². The molecule has 1 amide bonds. The van der Waals surface area contributed by atoms with E-state index in [1.54, 1.807) is 0 Å². The lowest BCUT2D eigenvalue weighted by Crippen LogP contribution is -2.36. The molecule has 1 aromatic heterocycles. The first-order chi connectivity index (χ1) is 10.2. The molecule has 21 heavy (non-hydrogen) atoms. The minimum atomic E-state index is -0.0789. The molecule has 1 N–H and O–H groups in total. The molecular weight excluding hydrogens is 352 g/mol. The number of nitrogens with one attached hydrogen (secondary N) is 1. The lowest BCUT2D eigenvalue weighted by molar-refractivity contribution is 0.103. The number of rotatable bonds is 3. The van der Waals surface area contributed by atoms with Gasteiger partial charge in [-0.2, -0.15) is 0 Å². The summed E-state index contributed by atoms with van der Waals surface area (Å²) in [7, 11) is 0. The van der Waals surface area contributed by atoms with E-state index in [0.717, 1.165) is 41.5 Å². The Morgan fingerprint density at radius 3 is 2.76 bits per heavy atom. The number of hydrogen-bond donors (Lipinski definition) is 1. The van der Waals surface area contributed by atoms with E-state index in [0.29, 0.717) is 4.88 Å². The predicted molar refractivity (Wildman–Crippen MR) is 89.4 cm³/mol. The molecule has 1 saturated heterocycles. The number of benzene rings is 1. The van der Waals surface area contributed by atoms with Crippen molar-refractivity contribution in [1.82, 2.24) is 0 Å². The molecule has 2 heterocycles. The summed E-state index contributed by atoms with van der Waals surface area (Å²) in [5.74, 6) is -0.0789. The molecular formula is C15H15BrN2O2S. The topological polar surface area (TPSA) is 41.6 Å². The molecule has 1 aliphatic rings. The van der Waals surface area contributed by atoms with Crippen LogP contribution in [0.4, 0.5) is 11.4 Å². The largest absolute Gasteiger partial charge is 0.378 e. The molecule has 1 aliphatic heterocycles. The molecule has 2 aromatic rings. The van der Waals surface area contributed by atoms with Crippen LogP contribution in [0.3, 0.4) is 0 Å². The number of morpholine rings is 1. The van der Waals surface area contributed by atoms with Crippen LogP contribution in [0.2, 0.25) is 0 Å². The summed E-state index contributed by atoms with van der Waals surface area (Å²) < 4.78 is 6.32. The van der Waals surface area contributed by atoms with E-state index in [2.05, 4.69) is 32.2 Å². The lowest BCUT2D eigenvalue weighted by atomic mass is 10.2. The van der Waals surface area contributed by atoms with Crippen LogP contribution in [0.1, 0.15) is 9.67 Å². The Hall–Kier alpha value is -1.37. The third-order valence-corrected chi connectivity index (χ3v) is 4.90. The van der Waals surface area contributed by atoms with Crippen LogP contribution in [-0.2, 0) is 4.74 Å². The van der Waals surface area contributed by atoms with Gasteiger partial charge in [-0.25, -0.2) is 0 Å². The van der Waals surface area contributed by atoms with Crippen molar-refractivity contribution in [3.05, 3.63) is 45.1 Å². The summed E-state index contributed by atoms with van der Waals surface area (Å²) in [5.41, 5.74) is 1.93. The molecule has 1 aromatic carbocycles. The fourth-order valence-corrected chi connectivity index (χ4v) is 3.51. The normalized spacial score (nSPS) is 15.0. The van der Waals surface area contributed by atoms with Crippen LogP contribution in [0.25, 0.3) is 0 Å². The standard InChI is InChI=1S/C15H15BrN2O2S/c16-14-5-4-13(21-14)15(19)17-11-2-1-3-12(10-11)18-6-8-20-9-7-18/h1-5,10H,6-9H2,(H,17,19). The second-order valence-corrected chi connectivity index (χ2v) is 7.17. The number of halogens is 1. The molecule has 0 radical (unpaired) electrons. The number of ether oxygens (including phenoxy) is 1. The SMILES string of the molecule is O=C(Nc1cccc(N2CCOCC2)c1)c1ccc(Br)s1. The van der Waals surface area contributed by atoms with Crippen LogP contribution in [0.15, 0.2) is 40.2 Å². The Morgan fingerprint density at radius 1 is 1.24 bits per heavy atom. The summed E-state index contributed by atoms with van der Waals surface area (Å²) in [6.07, 6.45) is 0. The lowest BCUT2D eigenvalue weighted by Gasteiger charge is -2.29. The number of hydrogen-bond acceptors (Lipinski definition) is 4. The van der Waals surface area contributed by atoms with Crippen molar-refractivity contribution in [2.75, 3.05) is 36.5 Å². The maximum absolute atomic E-state index is 12.2. The second kappa shape index (κ2) is 6.60. The average Bonchev–Trinajstić information content (AvgIpc) is 2.95. The number of amides is 1. The zero-order valence-electron chi connectivity index (χ0n) is 11.3. The maximum Gasteiger partial charge on any atom is 0.265 e. The van der Waals surface area contributed by atoms with Gasteiger partial charge >= 0.3 is 0 Å². The summed E-state index contributed by atoms with van der Waals surface area (Å²) in [6, 6.07) is 11.6. The van der Waals surface area contributed by atoms with Gasteiger partial charge in [-0.05, 0) is 46.3 Å². The van der Waals surface area contributed by atoms with Gasteiger partial charge in [-0.1, -0.05) is 6.07 Å². The molecule has 4 nitrogen and oxygen atoms in total. The van der Waals surface area contributed by atoms with Gasteiger partial charge in [-0.15, -0.1) is 11.3 Å². The summed E-state index contributed by atoms with van der Waals surface area (Å²) >= 11 is 4.79. The average molecular weight is 367 g/mol. The van der Waals surface area contributed by atoms with Gasteiger partial charge < -0.3 is 15.0 Å². The Bertz CT molecular complexity index is 638. The van der Waals surface area contributed by atoms with Crippen LogP contribution in [-0.4, -0.2) is 32.2 Å². The van der Waals surface area contributed by atoms with Crippen LogP contribution in [0.5, 0.6) is 0 Å². The molecule has 0 aliphatic carbocycles. The zero-order chi connectivity index (χ0) is 14.7. The number of carbonyl (C=O) groups is 1. The van der Waals surface area contributed by atoms with Gasteiger partial charge in [0.25, 0.3) is 5.91 Å². The molecule has 0 spiro atoms. The van der Waals surface area contributed by atoms with E-state index in [9.17, 15) is 4.79 Å². The summed E-state index contributed by atoms with van der Waals surface area (Å²) in [6.45, 7) is 3.27. The highest BCUT2D eigenvalue weighted by molar-refractivity contribution is 9.11. The van der Waals surface area contributed by atoms with Gasteiger partial charge in [0.2, 0.25) is 0 Å². The molecule has 0 saturated carbocycles. The van der Waals surface area contributed by atoms with E-state index in [1.807, 2.05) is 30.3 Å². The molecule has 0 bridgehead atoms. The van der Waals surface area contributed by atoms with Crippen molar-refractivity contribution < 1.29 is 9.53 Å². The number of nitrogens with zero attached hydrogens (tertiary/aromatic N) is 1. The molecule has 6 heteroatoms. The first kappa shape index (κ1) is 14.6. The Kier molecular flexibility index (Phi) is 4.57. The number of carbonyl (C=O) groups excluding carboxylic acids is 1. The van der Waals surface area contributed by atoms with Crippen molar-refractivity contribution in [3.8, 4) is 0 Å². The zero-order valence-corrected chi connectivity index (χ0v) is 13.7. The Balaban J connectivity index is 1.72. The minimum Gasteiger partial charge on any atom is -0.378 e. The van der Waals surface area contributed by atoms with Gasteiger partial charge in [0.15, 0.2) is 0 Å². The highest BCUT2D eigenvalue weighted by Crippen LogP contribution is 2.24. The number of anilines is 2. The van der Waals surface area contributed by atoms with Crippen LogP contribution in [0, 0.1) is 0 Å². The molecule has 0 atom stereocenters. The highest BCUT2D eigenvalue weighted by atomic mass is 79.9. The summed E-state index contributed by atoms with van der Waals surface area (Å²) in [5, 5.41) is 2.94. The maximum atomic E-state index is 12.2. The predicted octanol–water partition coefficient (Wildman–Crippen LogP) is 3.60. The fraction of sp³-hybridized carbons (Fsp3) is 0.267. The fourth-order valence-electron chi connectivity index (χ4n) is 2.23. The van der Waals surface area contributed by atoms with E-state index in [1.165, 1.54) is 11.3 Å². The highest BCUT2D eigenvalue weighted by Gasteiger charge is 2.13. The van der Waals surface area contributed by atoms with E-state index in [4.69, 9.17) is 4.74 Å². The molecule has 3 rings (SSSR count). The minimum absolute atomic E-state index is 0.0789. The van der Waals surface area contributed by atoms with Crippen LogP contribution < -0.4 is 10.2 Å². The van der Waals surface area contributed by atoms with Crippen LogP contribution >= 0.6 is 27.3 Å². The monoisotopic (exact) mass is 366 g/mol. The first-order valence-corrected chi connectivity index (χ1v) is 8.33. The van der Waals surface area contributed by atoms with Gasteiger partial charge in [0, 0.05) is 24.5 Å². The van der Waals surface area contributed by atoms with E-state index in [-0.39, 0.29) is 5.91 Å². The van der Waals surface area contributed by atoms with E-state index < -0.39 is 0 Å². The number of thiophene rings is 1. The van der Waals surface area contributed by atoms with Crippen molar-refractivity contribution in [1.29, 1.82) is 0 Å². The molecule has 0 unspecified atom stereocenters. The third kappa shape index (κ3) is 3.64. The van der Waals surface area contributed by atoms with Crippen molar-refractivity contribution in [3.63, 3.8) is 0 Å². The smallest absolute Gasteiger partial charge is 0.265 e. The van der Waals surface area contributed by atoms with Crippen molar-refractivity contribution in [2.45, 2.75) is 0 Å².